The van der Waals surface area contributed by atoms with Crippen molar-refractivity contribution in [2.45, 2.75) is 0 Å². The molecule has 0 atom stereocenters. The number of rotatable bonds is 3. The van der Waals surface area contributed by atoms with Gasteiger partial charge in [-0.05, 0) is 12.1 Å². The molecular formula is C10H7F2NO4. The van der Waals surface area contributed by atoms with Crippen molar-refractivity contribution in [2.75, 3.05) is 5.32 Å². The minimum absolute atomic E-state index is 0.0664. The summed E-state index contributed by atoms with van der Waals surface area (Å²) in [6, 6.07) is 2.60. The number of hydrogen-bond acceptors (Lipinski definition) is 3. The minimum Gasteiger partial charge on any atom is -0.502 e. The third kappa shape index (κ3) is 3.56. The number of carboxylic acids is 1. The van der Waals surface area contributed by atoms with Crippen LogP contribution in [0.3, 0.4) is 0 Å². The Balaban J connectivity index is 2.78. The number of carbonyl (C=O) groups is 2. The van der Waals surface area contributed by atoms with E-state index in [4.69, 9.17) is 10.2 Å². The number of aliphatic hydroxyl groups excluding tert-OH is 1. The number of anilines is 1. The fourth-order valence-corrected chi connectivity index (χ4v) is 0.938. The van der Waals surface area contributed by atoms with Crippen LogP contribution in [0, 0.1) is 11.6 Å². The number of amides is 1. The SMILES string of the molecule is O=C(/C=C(\O)C(=O)O)Nc1ccc(F)c(F)c1. The number of halogens is 2. The molecule has 0 bridgehead atoms. The van der Waals surface area contributed by atoms with Crippen LogP contribution < -0.4 is 5.32 Å². The molecule has 0 radical (unpaired) electrons. The van der Waals surface area contributed by atoms with Crippen LogP contribution in [0.15, 0.2) is 30.0 Å². The molecule has 0 heterocycles. The van der Waals surface area contributed by atoms with Gasteiger partial charge in [0.1, 0.15) is 0 Å². The Morgan fingerprint density at radius 1 is 1.18 bits per heavy atom. The van der Waals surface area contributed by atoms with Crippen LogP contribution in [-0.2, 0) is 9.59 Å². The first-order valence-electron chi connectivity index (χ1n) is 4.30. The molecule has 90 valence electrons. The Bertz CT molecular complexity index is 499. The number of benzene rings is 1. The van der Waals surface area contributed by atoms with Crippen LogP contribution in [0.25, 0.3) is 0 Å². The first-order valence-corrected chi connectivity index (χ1v) is 4.30. The van der Waals surface area contributed by atoms with E-state index in [1.165, 1.54) is 0 Å². The molecule has 1 amide bonds. The number of carboxylic acid groups (broad SMARTS) is 1. The van der Waals surface area contributed by atoms with Gasteiger partial charge in [-0.15, -0.1) is 0 Å². The van der Waals surface area contributed by atoms with Crippen LogP contribution in [0.1, 0.15) is 0 Å². The highest BCUT2D eigenvalue weighted by atomic mass is 19.2. The summed E-state index contributed by atoms with van der Waals surface area (Å²) in [6.07, 6.45) is 0.406. The normalized spacial score (nSPS) is 11.1. The lowest BCUT2D eigenvalue weighted by atomic mass is 10.3. The Morgan fingerprint density at radius 3 is 2.35 bits per heavy atom. The van der Waals surface area contributed by atoms with Crippen molar-refractivity contribution in [3.05, 3.63) is 41.7 Å². The van der Waals surface area contributed by atoms with Crippen LogP contribution >= 0.6 is 0 Å². The summed E-state index contributed by atoms with van der Waals surface area (Å²) in [7, 11) is 0. The summed E-state index contributed by atoms with van der Waals surface area (Å²) in [5, 5.41) is 19.1. The molecule has 7 heteroatoms. The van der Waals surface area contributed by atoms with E-state index in [1.54, 1.807) is 0 Å². The zero-order chi connectivity index (χ0) is 13.0. The summed E-state index contributed by atoms with van der Waals surface area (Å²) in [5.41, 5.74) is -0.0664. The Hall–Kier alpha value is -2.44. The summed E-state index contributed by atoms with van der Waals surface area (Å²) < 4.78 is 25.3. The maximum absolute atomic E-state index is 12.7. The lowest BCUT2D eigenvalue weighted by molar-refractivity contribution is -0.135. The predicted octanol–water partition coefficient (Wildman–Crippen LogP) is 1.43. The van der Waals surface area contributed by atoms with Gasteiger partial charge in [-0.3, -0.25) is 4.79 Å². The molecule has 0 fully saturated rings. The monoisotopic (exact) mass is 243 g/mol. The molecule has 0 aromatic heterocycles. The van der Waals surface area contributed by atoms with E-state index in [9.17, 15) is 18.4 Å². The molecule has 1 rings (SSSR count). The average Bonchev–Trinajstić information content (AvgIpc) is 2.23. The van der Waals surface area contributed by atoms with Gasteiger partial charge in [0.2, 0.25) is 5.76 Å². The van der Waals surface area contributed by atoms with Crippen molar-refractivity contribution >= 4 is 17.6 Å². The summed E-state index contributed by atoms with van der Waals surface area (Å²) in [6.45, 7) is 0. The van der Waals surface area contributed by atoms with Gasteiger partial charge in [0.15, 0.2) is 11.6 Å². The van der Waals surface area contributed by atoms with Crippen molar-refractivity contribution in [1.82, 2.24) is 0 Å². The molecule has 0 saturated heterocycles. The van der Waals surface area contributed by atoms with Crippen LogP contribution in [0.2, 0.25) is 0 Å². The molecule has 0 aliphatic carbocycles. The molecular weight excluding hydrogens is 236 g/mol. The molecule has 0 saturated carbocycles. The molecule has 0 aliphatic rings. The van der Waals surface area contributed by atoms with Gasteiger partial charge in [0.05, 0.1) is 6.08 Å². The number of aliphatic carboxylic acids is 1. The van der Waals surface area contributed by atoms with E-state index in [0.29, 0.717) is 6.08 Å². The zero-order valence-electron chi connectivity index (χ0n) is 8.28. The molecule has 0 unspecified atom stereocenters. The quantitative estimate of drug-likeness (QED) is 0.553. The third-order valence-corrected chi connectivity index (χ3v) is 1.67. The van der Waals surface area contributed by atoms with Gasteiger partial charge >= 0.3 is 5.97 Å². The van der Waals surface area contributed by atoms with E-state index in [-0.39, 0.29) is 5.69 Å². The summed E-state index contributed by atoms with van der Waals surface area (Å²) in [5.74, 6) is -6.05. The van der Waals surface area contributed by atoms with Crippen molar-refractivity contribution in [1.29, 1.82) is 0 Å². The molecule has 0 aliphatic heterocycles. The second-order valence-corrected chi connectivity index (χ2v) is 2.95. The molecule has 0 spiro atoms. The standard InChI is InChI=1S/C10H7F2NO4/c11-6-2-1-5(3-7(6)12)13-9(15)4-8(14)10(16)17/h1-4,14H,(H,13,15)(H,16,17)/b8-4-. The highest BCUT2D eigenvalue weighted by Gasteiger charge is 2.08. The molecule has 1 aromatic rings. The van der Waals surface area contributed by atoms with Crippen LogP contribution in [-0.4, -0.2) is 22.1 Å². The first kappa shape index (κ1) is 12.6. The lowest BCUT2D eigenvalue weighted by Gasteiger charge is -2.02. The maximum Gasteiger partial charge on any atom is 0.371 e. The number of hydrogen-bond donors (Lipinski definition) is 3. The highest BCUT2D eigenvalue weighted by Crippen LogP contribution is 2.13. The second kappa shape index (κ2) is 5.06. The number of carbonyl (C=O) groups excluding carboxylic acids is 1. The van der Waals surface area contributed by atoms with E-state index < -0.39 is 29.3 Å². The molecule has 17 heavy (non-hydrogen) atoms. The van der Waals surface area contributed by atoms with Gasteiger partial charge < -0.3 is 15.5 Å². The van der Waals surface area contributed by atoms with E-state index in [0.717, 1.165) is 18.2 Å². The molecule has 1 aromatic carbocycles. The van der Waals surface area contributed by atoms with E-state index in [1.807, 2.05) is 0 Å². The van der Waals surface area contributed by atoms with Gasteiger partial charge in [-0.25, -0.2) is 13.6 Å². The minimum atomic E-state index is -1.68. The molecule has 3 N–H and O–H groups in total. The smallest absolute Gasteiger partial charge is 0.371 e. The Labute approximate surface area is 94.0 Å². The summed E-state index contributed by atoms with van der Waals surface area (Å²) >= 11 is 0. The van der Waals surface area contributed by atoms with Crippen LogP contribution in [0.4, 0.5) is 14.5 Å². The lowest BCUT2D eigenvalue weighted by Crippen LogP contribution is -2.11. The van der Waals surface area contributed by atoms with Crippen LogP contribution in [0.5, 0.6) is 0 Å². The predicted molar refractivity (Wildman–Crippen MR) is 53.3 cm³/mol. The average molecular weight is 243 g/mol. The van der Waals surface area contributed by atoms with E-state index >= 15 is 0 Å². The number of aliphatic hydroxyl groups is 1. The van der Waals surface area contributed by atoms with Crippen molar-refractivity contribution < 1.29 is 28.6 Å². The Morgan fingerprint density at radius 2 is 1.82 bits per heavy atom. The molecule has 5 nitrogen and oxygen atoms in total. The fourth-order valence-electron chi connectivity index (χ4n) is 0.938. The topological polar surface area (TPSA) is 86.6 Å². The number of nitrogens with one attached hydrogen (secondary N) is 1. The summed E-state index contributed by atoms with van der Waals surface area (Å²) in [4.78, 5) is 21.3. The second-order valence-electron chi connectivity index (χ2n) is 2.95. The van der Waals surface area contributed by atoms with Gasteiger partial charge in [0.25, 0.3) is 5.91 Å². The van der Waals surface area contributed by atoms with Gasteiger partial charge in [-0.1, -0.05) is 0 Å². The zero-order valence-corrected chi connectivity index (χ0v) is 8.28. The largest absolute Gasteiger partial charge is 0.502 e. The Kier molecular flexibility index (Phi) is 3.76. The maximum atomic E-state index is 12.7. The third-order valence-electron chi connectivity index (χ3n) is 1.67. The van der Waals surface area contributed by atoms with E-state index in [2.05, 4.69) is 5.32 Å². The van der Waals surface area contributed by atoms with Crippen molar-refractivity contribution in [3.63, 3.8) is 0 Å². The van der Waals surface area contributed by atoms with Crippen molar-refractivity contribution in [3.8, 4) is 0 Å². The highest BCUT2D eigenvalue weighted by molar-refractivity contribution is 6.03. The van der Waals surface area contributed by atoms with Crippen molar-refractivity contribution in [2.24, 2.45) is 0 Å². The van der Waals surface area contributed by atoms with Gasteiger partial charge in [-0.2, -0.15) is 0 Å². The fraction of sp³-hybridized carbons (Fsp3) is 0. The first-order chi connectivity index (χ1) is 7.90. The van der Waals surface area contributed by atoms with Gasteiger partial charge in [0, 0.05) is 11.8 Å².